The second-order valence-corrected chi connectivity index (χ2v) is 9.97. The molecule has 0 heterocycles. The van der Waals surface area contributed by atoms with Crippen LogP contribution in [0.2, 0.25) is 0 Å². The van der Waals surface area contributed by atoms with Crippen LogP contribution in [0, 0.1) is 0 Å². The van der Waals surface area contributed by atoms with E-state index in [0.717, 1.165) is 5.56 Å². The first-order valence-corrected chi connectivity index (χ1v) is 14.0. The number of guanidine groups is 1. The second kappa shape index (κ2) is 18.4. The third kappa shape index (κ3) is 13.8. The lowest BCUT2D eigenvalue weighted by Gasteiger charge is -2.25. The van der Waals surface area contributed by atoms with Gasteiger partial charge in [-0.1, -0.05) is 30.3 Å². The molecule has 0 saturated carbocycles. The second-order valence-electron chi connectivity index (χ2n) is 8.98. The lowest BCUT2D eigenvalue weighted by Crippen LogP contribution is -2.57. The number of nitrogens with two attached hydrogens (primary N) is 3. The number of hydrogen-bond acceptors (Lipinski definition) is 8. The molecule has 0 aromatic heterocycles. The molecule has 222 valence electrons. The minimum atomic E-state index is -1.48. The third-order valence-electron chi connectivity index (χ3n) is 5.72. The molecule has 40 heavy (non-hydrogen) atoms. The van der Waals surface area contributed by atoms with E-state index in [4.69, 9.17) is 22.3 Å². The summed E-state index contributed by atoms with van der Waals surface area (Å²) in [5.41, 5.74) is 17.6. The molecule has 15 heteroatoms. The number of thioether (sulfide) groups is 1. The van der Waals surface area contributed by atoms with Gasteiger partial charge >= 0.3 is 11.9 Å². The highest BCUT2D eigenvalue weighted by Crippen LogP contribution is 2.08. The first-order valence-electron chi connectivity index (χ1n) is 12.6. The molecule has 0 aliphatic rings. The van der Waals surface area contributed by atoms with Crippen LogP contribution >= 0.6 is 11.8 Å². The molecule has 0 fully saturated rings. The Kier molecular flexibility index (Phi) is 15.8. The number of carbonyl (C=O) groups is 5. The lowest BCUT2D eigenvalue weighted by molar-refractivity contribution is -0.143. The summed E-state index contributed by atoms with van der Waals surface area (Å²) in [7, 11) is 0. The van der Waals surface area contributed by atoms with Crippen molar-refractivity contribution in [3.63, 3.8) is 0 Å². The normalized spacial score (nSPS) is 13.7. The Bertz CT molecular complexity index is 1020. The number of amides is 3. The highest BCUT2D eigenvalue weighted by molar-refractivity contribution is 7.98. The van der Waals surface area contributed by atoms with Crippen LogP contribution in [-0.2, 0) is 30.4 Å². The number of carboxylic acids is 2. The van der Waals surface area contributed by atoms with E-state index in [1.165, 1.54) is 11.8 Å². The number of aliphatic carboxylic acids is 2. The van der Waals surface area contributed by atoms with E-state index in [1.807, 2.05) is 36.6 Å². The summed E-state index contributed by atoms with van der Waals surface area (Å²) in [5.74, 6) is -4.31. The molecule has 0 aliphatic carbocycles. The van der Waals surface area contributed by atoms with Crippen molar-refractivity contribution in [2.24, 2.45) is 22.2 Å². The Hall–Kier alpha value is -3.85. The summed E-state index contributed by atoms with van der Waals surface area (Å²) in [6.07, 6.45) is 1.80. The predicted molar refractivity (Wildman–Crippen MR) is 151 cm³/mol. The van der Waals surface area contributed by atoms with E-state index < -0.39 is 60.2 Å². The number of nitrogens with zero attached hydrogens (tertiary/aromatic N) is 1. The number of hydrogen-bond donors (Lipinski definition) is 8. The van der Waals surface area contributed by atoms with Crippen LogP contribution in [0.4, 0.5) is 0 Å². The van der Waals surface area contributed by atoms with Crippen LogP contribution in [0.1, 0.15) is 37.7 Å². The van der Waals surface area contributed by atoms with Gasteiger partial charge in [0.05, 0.1) is 6.04 Å². The lowest BCUT2D eigenvalue weighted by atomic mass is 10.0. The average molecular weight is 582 g/mol. The van der Waals surface area contributed by atoms with Gasteiger partial charge in [-0.3, -0.25) is 24.2 Å². The molecule has 1 aromatic rings. The molecular weight excluding hydrogens is 542 g/mol. The highest BCUT2D eigenvalue weighted by Gasteiger charge is 2.30. The quantitative estimate of drug-likeness (QED) is 0.0545. The van der Waals surface area contributed by atoms with E-state index >= 15 is 0 Å². The summed E-state index contributed by atoms with van der Waals surface area (Å²) >= 11 is 1.46. The van der Waals surface area contributed by atoms with Gasteiger partial charge in [0.2, 0.25) is 17.7 Å². The molecule has 11 N–H and O–H groups in total. The summed E-state index contributed by atoms with van der Waals surface area (Å²) in [6.45, 7) is 0.143. The van der Waals surface area contributed by atoms with E-state index in [-0.39, 0.29) is 44.6 Å². The topological polar surface area (TPSA) is 252 Å². The van der Waals surface area contributed by atoms with Crippen LogP contribution in [0.3, 0.4) is 0 Å². The van der Waals surface area contributed by atoms with Gasteiger partial charge in [-0.2, -0.15) is 11.8 Å². The van der Waals surface area contributed by atoms with Gasteiger partial charge < -0.3 is 43.4 Å². The molecule has 3 amide bonds. The van der Waals surface area contributed by atoms with Crippen LogP contribution in [0.5, 0.6) is 0 Å². The average Bonchev–Trinajstić information content (AvgIpc) is 2.90. The molecule has 4 atom stereocenters. The zero-order valence-corrected chi connectivity index (χ0v) is 23.2. The van der Waals surface area contributed by atoms with Crippen LogP contribution in [0.25, 0.3) is 0 Å². The maximum Gasteiger partial charge on any atom is 0.326 e. The van der Waals surface area contributed by atoms with E-state index in [0.29, 0.717) is 5.75 Å². The molecule has 0 bridgehead atoms. The molecule has 0 spiro atoms. The fraction of sp³-hybridized carbons (Fsp3) is 0.520. The van der Waals surface area contributed by atoms with Crippen LogP contribution in [0.15, 0.2) is 35.3 Å². The highest BCUT2D eigenvalue weighted by atomic mass is 32.2. The van der Waals surface area contributed by atoms with Crippen LogP contribution in [-0.4, -0.2) is 88.6 Å². The number of aliphatic imine (C=N–C) groups is 1. The van der Waals surface area contributed by atoms with Crippen molar-refractivity contribution in [2.75, 3.05) is 18.6 Å². The zero-order valence-electron chi connectivity index (χ0n) is 22.4. The van der Waals surface area contributed by atoms with Crippen molar-refractivity contribution in [1.29, 1.82) is 0 Å². The van der Waals surface area contributed by atoms with Gasteiger partial charge in [0.25, 0.3) is 0 Å². The largest absolute Gasteiger partial charge is 0.481 e. The zero-order chi connectivity index (χ0) is 30.1. The van der Waals surface area contributed by atoms with Gasteiger partial charge in [-0.15, -0.1) is 0 Å². The SMILES string of the molecule is CSCCC(NC(=O)C(N)Cc1ccccc1)C(=O)NC(CCCN=C(N)N)C(=O)NC(CCC(=O)O)C(=O)O. The Labute approximate surface area is 236 Å². The number of carboxylic acid groups (broad SMARTS) is 2. The van der Waals surface area contributed by atoms with Crippen LogP contribution < -0.4 is 33.2 Å². The predicted octanol–water partition coefficient (Wildman–Crippen LogP) is -1.23. The van der Waals surface area contributed by atoms with Crippen molar-refractivity contribution in [1.82, 2.24) is 16.0 Å². The first kappa shape index (κ1) is 34.2. The molecule has 1 rings (SSSR count). The summed E-state index contributed by atoms with van der Waals surface area (Å²) < 4.78 is 0. The maximum atomic E-state index is 13.2. The van der Waals surface area contributed by atoms with Crippen molar-refractivity contribution in [3.05, 3.63) is 35.9 Å². The van der Waals surface area contributed by atoms with E-state index in [9.17, 15) is 29.1 Å². The minimum absolute atomic E-state index is 0.0380. The van der Waals surface area contributed by atoms with E-state index in [2.05, 4.69) is 20.9 Å². The van der Waals surface area contributed by atoms with Gasteiger partial charge in [0.15, 0.2) is 5.96 Å². The standard InChI is InChI=1S/C25H39N7O7S/c1-40-13-11-18(30-21(35)16(26)14-15-6-3-2-4-7-15)23(37)31-17(8-5-12-29-25(27)28)22(36)32-19(24(38)39)9-10-20(33)34/h2-4,6-7,16-19H,5,8-14,26H2,1H3,(H,30,35)(H,31,37)(H,32,36)(H,33,34)(H,38,39)(H4,27,28,29). The Morgan fingerprint density at radius 1 is 0.875 bits per heavy atom. The Balaban J connectivity index is 3.01. The van der Waals surface area contributed by atoms with Gasteiger partial charge in [-0.25, -0.2) is 4.79 Å². The van der Waals surface area contributed by atoms with Crippen molar-refractivity contribution in [3.8, 4) is 0 Å². The summed E-state index contributed by atoms with van der Waals surface area (Å²) in [4.78, 5) is 65.3. The van der Waals surface area contributed by atoms with Gasteiger partial charge in [-0.05, 0) is 49.7 Å². The Morgan fingerprint density at radius 2 is 1.45 bits per heavy atom. The monoisotopic (exact) mass is 581 g/mol. The molecule has 4 unspecified atom stereocenters. The molecule has 14 nitrogen and oxygen atoms in total. The smallest absolute Gasteiger partial charge is 0.326 e. The van der Waals surface area contributed by atoms with Crippen molar-refractivity contribution >= 4 is 47.4 Å². The fourth-order valence-corrected chi connectivity index (χ4v) is 4.06. The number of carbonyl (C=O) groups excluding carboxylic acids is 3. The Morgan fingerprint density at radius 3 is 2.00 bits per heavy atom. The number of nitrogens with one attached hydrogen (secondary N) is 3. The molecule has 1 aromatic carbocycles. The molecular formula is C25H39N7O7S. The third-order valence-corrected chi connectivity index (χ3v) is 6.36. The summed E-state index contributed by atoms with van der Waals surface area (Å²) in [5, 5.41) is 25.8. The van der Waals surface area contributed by atoms with Crippen molar-refractivity contribution < 1.29 is 34.2 Å². The minimum Gasteiger partial charge on any atom is -0.481 e. The van der Waals surface area contributed by atoms with Gasteiger partial charge in [0.1, 0.15) is 18.1 Å². The molecule has 0 aliphatic heterocycles. The summed E-state index contributed by atoms with van der Waals surface area (Å²) in [6, 6.07) is 4.52. The van der Waals surface area contributed by atoms with E-state index in [1.54, 1.807) is 0 Å². The van der Waals surface area contributed by atoms with Crippen molar-refractivity contribution in [2.45, 2.75) is 62.7 Å². The fourth-order valence-electron chi connectivity index (χ4n) is 3.59. The molecule has 0 saturated heterocycles. The first-order chi connectivity index (χ1) is 18.9. The number of rotatable bonds is 19. The molecule has 0 radical (unpaired) electrons. The maximum absolute atomic E-state index is 13.2. The number of benzene rings is 1. The van der Waals surface area contributed by atoms with Gasteiger partial charge in [0, 0.05) is 13.0 Å².